The van der Waals surface area contributed by atoms with Gasteiger partial charge in [-0.2, -0.15) is 0 Å². The minimum absolute atomic E-state index is 0.0909. The number of unbranched alkanes of at least 4 members (excludes halogenated alkanes) is 1. The second kappa shape index (κ2) is 6.90. The summed E-state index contributed by atoms with van der Waals surface area (Å²) >= 11 is 0. The van der Waals surface area contributed by atoms with Crippen molar-refractivity contribution in [2.24, 2.45) is 0 Å². The van der Waals surface area contributed by atoms with E-state index in [4.69, 9.17) is 4.74 Å². The van der Waals surface area contributed by atoms with Gasteiger partial charge in [-0.1, -0.05) is 31.5 Å². The largest absolute Gasteiger partial charge is 0.478 e. The Hall–Kier alpha value is -1.61. The van der Waals surface area contributed by atoms with Gasteiger partial charge in [-0.25, -0.2) is 4.98 Å². The number of hydrogen-bond acceptors (Lipinski definition) is 3. The van der Waals surface area contributed by atoms with E-state index in [-0.39, 0.29) is 5.54 Å². The number of aromatic nitrogens is 1. The Morgan fingerprint density at radius 1 is 1.19 bits per heavy atom. The molecule has 0 aliphatic heterocycles. The van der Waals surface area contributed by atoms with E-state index in [9.17, 15) is 0 Å². The van der Waals surface area contributed by atoms with Crippen molar-refractivity contribution in [1.29, 1.82) is 0 Å². The van der Waals surface area contributed by atoms with Gasteiger partial charge in [-0.3, -0.25) is 0 Å². The molecule has 1 heterocycles. The third kappa shape index (κ3) is 4.71. The number of hydrogen-bond donors (Lipinski definition) is 1. The van der Waals surface area contributed by atoms with E-state index >= 15 is 0 Å². The average Bonchev–Trinajstić information content (AvgIpc) is 2.44. The van der Waals surface area contributed by atoms with Gasteiger partial charge in [0.05, 0.1) is 12.1 Å². The molecule has 1 aromatic carbocycles. The molecule has 0 unspecified atom stereocenters. The number of nitrogens with one attached hydrogen (secondary N) is 1. The second-order valence-electron chi connectivity index (χ2n) is 6.44. The summed E-state index contributed by atoms with van der Waals surface area (Å²) in [4.78, 5) is 4.60. The quantitative estimate of drug-likeness (QED) is 0.804. The molecule has 0 saturated heterocycles. The first-order chi connectivity index (χ1) is 9.99. The van der Waals surface area contributed by atoms with Gasteiger partial charge in [0.2, 0.25) is 5.88 Å². The van der Waals surface area contributed by atoms with Crippen molar-refractivity contribution in [2.75, 3.05) is 6.61 Å². The first-order valence-corrected chi connectivity index (χ1v) is 7.76. The maximum absolute atomic E-state index is 5.79. The number of benzene rings is 1. The molecule has 0 atom stereocenters. The van der Waals surface area contributed by atoms with Crippen LogP contribution in [-0.2, 0) is 6.54 Å². The molecule has 2 aromatic rings. The predicted molar refractivity (Wildman–Crippen MR) is 88.7 cm³/mol. The highest BCUT2D eigenvalue weighted by molar-refractivity contribution is 5.82. The molecule has 1 N–H and O–H groups in total. The van der Waals surface area contributed by atoms with Crippen LogP contribution in [0.2, 0.25) is 0 Å². The van der Waals surface area contributed by atoms with Crippen LogP contribution in [0.3, 0.4) is 0 Å². The minimum Gasteiger partial charge on any atom is -0.478 e. The SMILES string of the molecule is CCCCOc1cc(CNC(C)(C)C)c2ccccc2n1. The normalized spacial score (nSPS) is 11.8. The summed E-state index contributed by atoms with van der Waals surface area (Å²) in [6, 6.07) is 10.3. The third-order valence-electron chi connectivity index (χ3n) is 3.34. The molecule has 0 radical (unpaired) electrons. The zero-order chi connectivity index (χ0) is 15.3. The number of fused-ring (bicyclic) bond motifs is 1. The lowest BCUT2D eigenvalue weighted by Gasteiger charge is -2.21. The molecule has 0 fully saturated rings. The highest BCUT2D eigenvalue weighted by Crippen LogP contribution is 2.22. The Labute approximate surface area is 127 Å². The lowest BCUT2D eigenvalue weighted by Crippen LogP contribution is -2.35. The molecule has 1 aromatic heterocycles. The number of ether oxygens (including phenoxy) is 1. The molecule has 0 amide bonds. The van der Waals surface area contributed by atoms with Crippen LogP contribution in [0.4, 0.5) is 0 Å². The van der Waals surface area contributed by atoms with E-state index in [0.29, 0.717) is 0 Å². The molecule has 0 bridgehead atoms. The van der Waals surface area contributed by atoms with Gasteiger partial charge >= 0.3 is 0 Å². The topological polar surface area (TPSA) is 34.1 Å². The number of para-hydroxylation sites is 1. The van der Waals surface area contributed by atoms with Crippen LogP contribution in [0, 0.1) is 0 Å². The summed E-state index contributed by atoms with van der Waals surface area (Å²) in [5.41, 5.74) is 2.33. The minimum atomic E-state index is 0.0909. The van der Waals surface area contributed by atoms with Crippen molar-refractivity contribution in [3.8, 4) is 5.88 Å². The smallest absolute Gasteiger partial charge is 0.214 e. The highest BCUT2D eigenvalue weighted by atomic mass is 16.5. The van der Waals surface area contributed by atoms with Gasteiger partial charge in [0.15, 0.2) is 0 Å². The fourth-order valence-electron chi connectivity index (χ4n) is 2.12. The lowest BCUT2D eigenvalue weighted by atomic mass is 10.1. The van der Waals surface area contributed by atoms with Crippen molar-refractivity contribution in [3.63, 3.8) is 0 Å². The summed E-state index contributed by atoms with van der Waals surface area (Å²) in [5, 5.41) is 4.73. The molecular weight excluding hydrogens is 260 g/mol. The second-order valence-corrected chi connectivity index (χ2v) is 6.44. The van der Waals surface area contributed by atoms with Crippen molar-refractivity contribution < 1.29 is 4.74 Å². The first kappa shape index (κ1) is 15.8. The molecule has 21 heavy (non-hydrogen) atoms. The van der Waals surface area contributed by atoms with Crippen molar-refractivity contribution >= 4 is 10.9 Å². The number of rotatable bonds is 6. The van der Waals surface area contributed by atoms with E-state index in [1.54, 1.807) is 0 Å². The van der Waals surface area contributed by atoms with Gasteiger partial charge in [-0.15, -0.1) is 0 Å². The van der Waals surface area contributed by atoms with Crippen LogP contribution in [-0.4, -0.2) is 17.1 Å². The van der Waals surface area contributed by atoms with E-state index in [1.807, 2.05) is 12.1 Å². The molecule has 0 aliphatic carbocycles. The van der Waals surface area contributed by atoms with Gasteiger partial charge in [0, 0.05) is 23.5 Å². The fourth-order valence-corrected chi connectivity index (χ4v) is 2.12. The van der Waals surface area contributed by atoms with E-state index in [2.05, 4.69) is 56.2 Å². The summed E-state index contributed by atoms with van der Waals surface area (Å²) in [7, 11) is 0. The predicted octanol–water partition coefficient (Wildman–Crippen LogP) is 4.30. The summed E-state index contributed by atoms with van der Waals surface area (Å²) in [5.74, 6) is 0.729. The van der Waals surface area contributed by atoms with Crippen LogP contribution >= 0.6 is 0 Å². The molecule has 3 nitrogen and oxygen atoms in total. The molecule has 2 rings (SSSR count). The lowest BCUT2D eigenvalue weighted by molar-refractivity contribution is 0.298. The van der Waals surface area contributed by atoms with Crippen LogP contribution in [0.5, 0.6) is 5.88 Å². The van der Waals surface area contributed by atoms with Crippen LogP contribution in [0.15, 0.2) is 30.3 Å². The molecule has 0 spiro atoms. The zero-order valence-corrected chi connectivity index (χ0v) is 13.6. The zero-order valence-electron chi connectivity index (χ0n) is 13.6. The van der Waals surface area contributed by atoms with Crippen LogP contribution in [0.1, 0.15) is 46.1 Å². The maximum atomic E-state index is 5.79. The maximum Gasteiger partial charge on any atom is 0.214 e. The third-order valence-corrected chi connectivity index (χ3v) is 3.34. The monoisotopic (exact) mass is 286 g/mol. The van der Waals surface area contributed by atoms with Crippen molar-refractivity contribution in [3.05, 3.63) is 35.9 Å². The van der Waals surface area contributed by atoms with Crippen LogP contribution < -0.4 is 10.1 Å². The van der Waals surface area contributed by atoms with Gasteiger partial charge in [0.25, 0.3) is 0 Å². The summed E-state index contributed by atoms with van der Waals surface area (Å²) < 4.78 is 5.79. The van der Waals surface area contributed by atoms with Gasteiger partial charge in [0.1, 0.15) is 0 Å². The van der Waals surface area contributed by atoms with E-state index in [1.165, 1.54) is 10.9 Å². The van der Waals surface area contributed by atoms with Gasteiger partial charge < -0.3 is 10.1 Å². The Bertz CT molecular complexity index is 587. The van der Waals surface area contributed by atoms with Crippen LogP contribution in [0.25, 0.3) is 10.9 Å². The molecular formula is C18H26N2O. The molecule has 3 heteroatoms. The Balaban J connectivity index is 2.27. The average molecular weight is 286 g/mol. The fraction of sp³-hybridized carbons (Fsp3) is 0.500. The molecule has 0 saturated carbocycles. The van der Waals surface area contributed by atoms with E-state index in [0.717, 1.165) is 37.4 Å². The number of pyridine rings is 1. The van der Waals surface area contributed by atoms with Gasteiger partial charge in [-0.05, 0) is 38.8 Å². The molecule has 114 valence electrons. The Kier molecular flexibility index (Phi) is 5.18. The summed E-state index contributed by atoms with van der Waals surface area (Å²) in [6.07, 6.45) is 2.19. The van der Waals surface area contributed by atoms with E-state index < -0.39 is 0 Å². The number of nitrogens with zero attached hydrogens (tertiary/aromatic N) is 1. The van der Waals surface area contributed by atoms with Crippen molar-refractivity contribution in [1.82, 2.24) is 10.3 Å². The summed E-state index contributed by atoms with van der Waals surface area (Å²) in [6.45, 7) is 10.2. The Morgan fingerprint density at radius 3 is 2.67 bits per heavy atom. The molecule has 0 aliphatic rings. The van der Waals surface area contributed by atoms with Crippen molar-refractivity contribution in [2.45, 2.75) is 52.6 Å². The standard InChI is InChI=1S/C18H26N2O/c1-5-6-11-21-17-12-14(13-19-18(2,3)4)15-9-7-8-10-16(15)20-17/h7-10,12,19H,5-6,11,13H2,1-4H3. The first-order valence-electron chi connectivity index (χ1n) is 7.76. The highest BCUT2D eigenvalue weighted by Gasteiger charge is 2.11. The Morgan fingerprint density at radius 2 is 1.95 bits per heavy atom.